The van der Waals surface area contributed by atoms with E-state index in [1.807, 2.05) is 55.5 Å². The maximum absolute atomic E-state index is 14.5. The molecule has 1 fully saturated rings. The van der Waals surface area contributed by atoms with E-state index < -0.39 is 28.1 Å². The second-order valence-electron chi connectivity index (χ2n) is 11.4. The standard InChI is InChI=1S/C35H28N4O6/c1-2-18-45-24-16-14-22(15-17-24)38-33(41)30-29-25-10-3-5-12-27(25)35(31(30)34(38)42,28-13-6-4-11-26(28)29)20-36-37-32(40)21-8-7-9-23(19-21)39(43)44/h3-17,19-20,29-31H,2,18H2,1H3,(H,37,40)/b36-20-/t29?,30-,31-,35?/m1/s1. The third-order valence-electron chi connectivity index (χ3n) is 9.01. The molecule has 4 aromatic rings. The second kappa shape index (κ2) is 10.8. The van der Waals surface area contributed by atoms with Crippen molar-refractivity contribution in [2.24, 2.45) is 16.9 Å². The van der Waals surface area contributed by atoms with Crippen molar-refractivity contribution in [2.45, 2.75) is 24.7 Å². The van der Waals surface area contributed by atoms with Crippen LogP contribution in [0.15, 0.2) is 102 Å². The molecule has 3 amide bonds. The van der Waals surface area contributed by atoms with Gasteiger partial charge in [0.15, 0.2) is 0 Å². The Morgan fingerprint density at radius 2 is 1.62 bits per heavy atom. The number of hydrogen-bond acceptors (Lipinski definition) is 7. The summed E-state index contributed by atoms with van der Waals surface area (Å²) in [5, 5.41) is 15.6. The molecule has 4 aliphatic rings. The summed E-state index contributed by atoms with van der Waals surface area (Å²) in [4.78, 5) is 53.8. The summed E-state index contributed by atoms with van der Waals surface area (Å²) in [6.07, 6.45) is 2.41. The van der Waals surface area contributed by atoms with E-state index in [1.54, 1.807) is 30.5 Å². The van der Waals surface area contributed by atoms with Crippen molar-refractivity contribution in [3.8, 4) is 5.75 Å². The lowest BCUT2D eigenvalue weighted by Crippen LogP contribution is -2.54. The average Bonchev–Trinajstić information content (AvgIpc) is 3.34. The Bertz CT molecular complexity index is 1850. The van der Waals surface area contributed by atoms with Gasteiger partial charge < -0.3 is 4.74 Å². The Hall–Kier alpha value is -5.64. The average molecular weight is 601 g/mol. The minimum absolute atomic E-state index is 0.0644. The lowest BCUT2D eigenvalue weighted by Gasteiger charge is -2.52. The summed E-state index contributed by atoms with van der Waals surface area (Å²) in [5.41, 5.74) is 5.18. The molecule has 1 saturated heterocycles. The number of carbonyl (C=O) groups is 3. The van der Waals surface area contributed by atoms with Crippen molar-refractivity contribution in [1.82, 2.24) is 5.43 Å². The van der Waals surface area contributed by atoms with Crippen molar-refractivity contribution in [1.29, 1.82) is 0 Å². The van der Waals surface area contributed by atoms with E-state index in [0.29, 0.717) is 18.0 Å². The number of rotatable bonds is 8. The maximum Gasteiger partial charge on any atom is 0.271 e. The number of nitrogens with one attached hydrogen (secondary N) is 1. The van der Waals surface area contributed by atoms with Crippen molar-refractivity contribution >= 4 is 35.3 Å². The van der Waals surface area contributed by atoms with Crippen LogP contribution in [0.5, 0.6) is 5.75 Å². The number of hydrazone groups is 1. The number of nitrogens with zero attached hydrogens (tertiary/aromatic N) is 3. The normalized spacial score (nSPS) is 22.6. The molecule has 45 heavy (non-hydrogen) atoms. The number of amides is 3. The van der Waals surface area contributed by atoms with Crippen molar-refractivity contribution < 1.29 is 24.0 Å². The van der Waals surface area contributed by atoms with E-state index in [4.69, 9.17) is 4.74 Å². The first-order chi connectivity index (χ1) is 21.9. The van der Waals surface area contributed by atoms with Crippen LogP contribution in [0.2, 0.25) is 0 Å². The molecule has 0 spiro atoms. The summed E-state index contributed by atoms with van der Waals surface area (Å²) >= 11 is 0. The first-order valence-electron chi connectivity index (χ1n) is 14.7. The fourth-order valence-electron chi connectivity index (χ4n) is 7.23. The van der Waals surface area contributed by atoms with Gasteiger partial charge in [-0.15, -0.1) is 0 Å². The molecule has 10 heteroatoms. The minimum Gasteiger partial charge on any atom is -0.494 e. The Morgan fingerprint density at radius 1 is 0.956 bits per heavy atom. The summed E-state index contributed by atoms with van der Waals surface area (Å²) < 4.78 is 5.71. The Kier molecular flexibility index (Phi) is 6.77. The molecule has 0 unspecified atom stereocenters. The molecule has 1 aliphatic heterocycles. The lowest BCUT2D eigenvalue weighted by atomic mass is 9.47. The topological polar surface area (TPSA) is 131 Å². The predicted octanol–water partition coefficient (Wildman–Crippen LogP) is 5.35. The first-order valence-corrected chi connectivity index (χ1v) is 14.7. The lowest BCUT2D eigenvalue weighted by molar-refractivity contribution is -0.384. The molecular weight excluding hydrogens is 572 g/mol. The van der Waals surface area contributed by atoms with Crippen molar-refractivity contribution in [3.05, 3.63) is 135 Å². The van der Waals surface area contributed by atoms with Gasteiger partial charge in [0.1, 0.15) is 5.75 Å². The highest BCUT2D eigenvalue weighted by molar-refractivity contribution is 6.25. The van der Waals surface area contributed by atoms with Gasteiger partial charge in [0.05, 0.1) is 34.5 Å². The van der Waals surface area contributed by atoms with Gasteiger partial charge in [-0.05, 0) is 59.0 Å². The predicted molar refractivity (Wildman–Crippen MR) is 166 cm³/mol. The molecule has 0 aromatic heterocycles. The number of non-ortho nitro benzene ring substituents is 1. The number of imide groups is 1. The molecule has 4 aromatic carbocycles. The van der Waals surface area contributed by atoms with E-state index in [9.17, 15) is 24.5 Å². The number of anilines is 1. The van der Waals surface area contributed by atoms with Crippen LogP contribution in [-0.4, -0.2) is 35.5 Å². The first kappa shape index (κ1) is 28.1. The highest BCUT2D eigenvalue weighted by atomic mass is 16.6. The Balaban J connectivity index is 1.33. The van der Waals surface area contributed by atoms with E-state index in [2.05, 4.69) is 10.5 Å². The van der Waals surface area contributed by atoms with Crippen LogP contribution in [-0.2, 0) is 15.0 Å². The van der Waals surface area contributed by atoms with Crippen molar-refractivity contribution in [2.75, 3.05) is 11.5 Å². The summed E-state index contributed by atoms with van der Waals surface area (Å²) in [6, 6.07) is 27.8. The summed E-state index contributed by atoms with van der Waals surface area (Å²) in [5.74, 6) is -2.50. The highest BCUT2D eigenvalue weighted by Gasteiger charge is 2.68. The van der Waals surface area contributed by atoms with Crippen LogP contribution < -0.4 is 15.1 Å². The van der Waals surface area contributed by atoms with Crippen LogP contribution in [0.25, 0.3) is 0 Å². The number of carbonyl (C=O) groups excluding carboxylic acids is 3. The highest BCUT2D eigenvalue weighted by Crippen LogP contribution is 2.63. The largest absolute Gasteiger partial charge is 0.494 e. The number of nitro benzene ring substituents is 1. The van der Waals surface area contributed by atoms with Crippen molar-refractivity contribution in [3.63, 3.8) is 0 Å². The maximum atomic E-state index is 14.5. The summed E-state index contributed by atoms with van der Waals surface area (Å²) in [6.45, 7) is 2.57. The fourth-order valence-corrected chi connectivity index (χ4v) is 7.23. The van der Waals surface area contributed by atoms with Crippen LogP contribution in [0.3, 0.4) is 0 Å². The van der Waals surface area contributed by atoms with Gasteiger partial charge in [-0.1, -0.05) is 61.5 Å². The minimum atomic E-state index is -1.17. The molecule has 0 saturated carbocycles. The van der Waals surface area contributed by atoms with Gasteiger partial charge in [-0.25, -0.2) is 10.3 Å². The zero-order valence-electron chi connectivity index (χ0n) is 24.3. The summed E-state index contributed by atoms with van der Waals surface area (Å²) in [7, 11) is 0. The second-order valence-corrected chi connectivity index (χ2v) is 11.4. The molecule has 1 N–H and O–H groups in total. The molecule has 2 atom stereocenters. The SMILES string of the molecule is CCCOc1ccc(N2C(=O)[C@@H]3C4c5ccccc5C(/C=N\NC(=O)c5cccc([N+](=O)[O-])c5)(c5ccccc54)[C@H]3C2=O)cc1. The van der Waals surface area contributed by atoms with E-state index >= 15 is 0 Å². The fraction of sp³-hybridized carbons (Fsp3) is 0.200. The van der Waals surface area contributed by atoms with Crippen LogP contribution in [0.4, 0.5) is 11.4 Å². The van der Waals surface area contributed by atoms with Crippen LogP contribution in [0.1, 0.15) is 51.9 Å². The van der Waals surface area contributed by atoms with Crippen LogP contribution in [0, 0.1) is 22.0 Å². The molecule has 224 valence electrons. The molecule has 2 bridgehead atoms. The van der Waals surface area contributed by atoms with Gasteiger partial charge in [0.25, 0.3) is 11.6 Å². The van der Waals surface area contributed by atoms with Crippen LogP contribution >= 0.6 is 0 Å². The third-order valence-corrected chi connectivity index (χ3v) is 9.01. The number of ether oxygens (including phenoxy) is 1. The molecular formula is C35H28N4O6. The Morgan fingerprint density at radius 3 is 2.27 bits per heavy atom. The molecule has 10 nitrogen and oxygen atoms in total. The molecule has 0 radical (unpaired) electrons. The monoisotopic (exact) mass is 600 g/mol. The molecule has 3 aliphatic carbocycles. The molecule has 8 rings (SSSR count). The van der Waals surface area contributed by atoms with Gasteiger partial charge in [-0.3, -0.25) is 24.5 Å². The van der Waals surface area contributed by atoms with E-state index in [1.165, 1.54) is 29.2 Å². The zero-order chi connectivity index (χ0) is 31.3. The van der Waals surface area contributed by atoms with Gasteiger partial charge >= 0.3 is 0 Å². The quantitative estimate of drug-likeness (QED) is 0.126. The van der Waals surface area contributed by atoms with E-state index in [0.717, 1.165) is 28.7 Å². The van der Waals surface area contributed by atoms with E-state index in [-0.39, 0.29) is 29.0 Å². The number of hydrogen-bond donors (Lipinski definition) is 1. The Labute approximate surface area is 258 Å². The number of benzene rings is 4. The molecule has 1 heterocycles. The van der Waals surface area contributed by atoms with Gasteiger partial charge in [0.2, 0.25) is 11.8 Å². The smallest absolute Gasteiger partial charge is 0.271 e. The number of nitro groups is 1. The third kappa shape index (κ3) is 4.24. The zero-order valence-corrected chi connectivity index (χ0v) is 24.3. The van der Waals surface area contributed by atoms with Gasteiger partial charge in [-0.2, -0.15) is 5.10 Å². The van der Waals surface area contributed by atoms with Gasteiger partial charge in [0, 0.05) is 29.8 Å².